The second-order valence-corrected chi connectivity index (χ2v) is 5.31. The number of halogens is 1. The van der Waals surface area contributed by atoms with Crippen LogP contribution in [0.4, 0.5) is 0 Å². The molecule has 0 atom stereocenters. The molecule has 1 aromatic heterocycles. The summed E-state index contributed by atoms with van der Waals surface area (Å²) in [7, 11) is 0. The summed E-state index contributed by atoms with van der Waals surface area (Å²) in [5.41, 5.74) is 0.463. The Morgan fingerprint density at radius 1 is 1.14 bits per heavy atom. The number of phenolic OH excluding ortho intramolecular Hbond substituents is 1. The van der Waals surface area contributed by atoms with Crippen molar-refractivity contribution in [3.05, 3.63) is 63.3 Å². The third-order valence-electron chi connectivity index (χ3n) is 3.36. The van der Waals surface area contributed by atoms with Gasteiger partial charge in [0.25, 0.3) is 0 Å². The van der Waals surface area contributed by atoms with Gasteiger partial charge in [-0.3, -0.25) is 9.59 Å². The van der Waals surface area contributed by atoms with E-state index in [0.29, 0.717) is 16.3 Å². The molecular formula is C17H11ClO4. The van der Waals surface area contributed by atoms with Gasteiger partial charge in [-0.2, -0.15) is 0 Å². The van der Waals surface area contributed by atoms with Gasteiger partial charge in [-0.1, -0.05) is 11.6 Å². The molecule has 110 valence electrons. The predicted octanol–water partition coefficient (Wildman–Crippen LogP) is 4.02. The van der Waals surface area contributed by atoms with Crippen molar-refractivity contribution in [1.82, 2.24) is 0 Å². The van der Waals surface area contributed by atoms with Crippen LogP contribution in [0.3, 0.4) is 0 Å². The quantitative estimate of drug-likeness (QED) is 0.725. The monoisotopic (exact) mass is 314 g/mol. The number of hydrogen-bond donors (Lipinski definition) is 1. The first-order valence-corrected chi connectivity index (χ1v) is 6.92. The first-order chi connectivity index (χ1) is 10.5. The summed E-state index contributed by atoms with van der Waals surface area (Å²) < 4.78 is 5.72. The average Bonchev–Trinajstić information content (AvgIpc) is 2.47. The van der Waals surface area contributed by atoms with Crippen LogP contribution in [0.25, 0.3) is 22.3 Å². The summed E-state index contributed by atoms with van der Waals surface area (Å²) in [4.78, 5) is 24.0. The maximum Gasteiger partial charge on any atom is 0.193 e. The van der Waals surface area contributed by atoms with Crippen LogP contribution in [-0.2, 0) is 0 Å². The molecule has 0 aliphatic carbocycles. The van der Waals surface area contributed by atoms with E-state index in [4.69, 9.17) is 16.0 Å². The number of benzene rings is 2. The molecule has 1 heterocycles. The lowest BCUT2D eigenvalue weighted by atomic mass is 10.1. The standard InChI is InChI=1S/C17H11ClO4/c1-9(19)16-13(20)7-6-12-14(21)8-15(22-17(12)16)10-2-4-11(18)5-3-10/h2-8,20H,1H3. The molecule has 0 radical (unpaired) electrons. The number of ketones is 1. The second-order valence-electron chi connectivity index (χ2n) is 4.87. The van der Waals surface area contributed by atoms with Gasteiger partial charge in [-0.15, -0.1) is 0 Å². The van der Waals surface area contributed by atoms with Gasteiger partial charge < -0.3 is 9.52 Å². The smallest absolute Gasteiger partial charge is 0.193 e. The van der Waals surface area contributed by atoms with Gasteiger partial charge in [-0.25, -0.2) is 0 Å². The van der Waals surface area contributed by atoms with Crippen molar-refractivity contribution in [1.29, 1.82) is 0 Å². The van der Waals surface area contributed by atoms with Crippen LogP contribution in [0.1, 0.15) is 17.3 Å². The Kier molecular flexibility index (Phi) is 3.47. The summed E-state index contributed by atoms with van der Waals surface area (Å²) in [6, 6.07) is 10.9. The number of aromatic hydroxyl groups is 1. The number of carbonyl (C=O) groups is 1. The third-order valence-corrected chi connectivity index (χ3v) is 3.61. The molecule has 2 aromatic carbocycles. The maximum atomic E-state index is 12.2. The molecule has 5 heteroatoms. The number of Topliss-reactive ketones (excluding diaryl/α,β-unsaturated/α-hetero) is 1. The Hall–Kier alpha value is -2.59. The maximum absolute atomic E-state index is 12.2. The molecule has 0 spiro atoms. The summed E-state index contributed by atoms with van der Waals surface area (Å²) in [5, 5.41) is 10.7. The van der Waals surface area contributed by atoms with E-state index in [9.17, 15) is 14.7 Å². The molecule has 0 aliphatic rings. The van der Waals surface area contributed by atoms with Crippen LogP contribution >= 0.6 is 11.6 Å². The first kappa shape index (κ1) is 14.4. The Morgan fingerprint density at radius 2 is 1.82 bits per heavy atom. The highest BCUT2D eigenvalue weighted by Crippen LogP contribution is 2.30. The molecule has 0 unspecified atom stereocenters. The summed E-state index contributed by atoms with van der Waals surface area (Å²) >= 11 is 5.84. The number of phenols is 1. The van der Waals surface area contributed by atoms with Gasteiger partial charge in [0.1, 0.15) is 17.1 Å². The normalized spacial score (nSPS) is 10.8. The van der Waals surface area contributed by atoms with Gasteiger partial charge >= 0.3 is 0 Å². The largest absolute Gasteiger partial charge is 0.507 e. The topological polar surface area (TPSA) is 67.5 Å². The lowest BCUT2D eigenvalue weighted by Gasteiger charge is -2.07. The van der Waals surface area contributed by atoms with E-state index < -0.39 is 0 Å². The molecule has 1 N–H and O–H groups in total. The zero-order chi connectivity index (χ0) is 15.9. The molecule has 3 rings (SSSR count). The summed E-state index contributed by atoms with van der Waals surface area (Å²) in [6.07, 6.45) is 0. The fraction of sp³-hybridized carbons (Fsp3) is 0.0588. The van der Waals surface area contributed by atoms with Crippen molar-refractivity contribution in [3.63, 3.8) is 0 Å². The zero-order valence-corrected chi connectivity index (χ0v) is 12.3. The fourth-order valence-electron chi connectivity index (χ4n) is 2.31. The van der Waals surface area contributed by atoms with Gasteiger partial charge in [0, 0.05) is 16.7 Å². The highest BCUT2D eigenvalue weighted by atomic mass is 35.5. The third kappa shape index (κ3) is 2.38. The molecule has 0 aliphatic heterocycles. The van der Waals surface area contributed by atoms with Gasteiger partial charge in [0.2, 0.25) is 0 Å². The van der Waals surface area contributed by atoms with Gasteiger partial charge in [0.05, 0.1) is 5.39 Å². The molecule has 4 nitrogen and oxygen atoms in total. The minimum Gasteiger partial charge on any atom is -0.507 e. The highest BCUT2D eigenvalue weighted by Gasteiger charge is 2.17. The lowest BCUT2D eigenvalue weighted by molar-refractivity contribution is 0.101. The number of hydrogen-bond acceptors (Lipinski definition) is 4. The molecule has 0 fully saturated rings. The summed E-state index contributed by atoms with van der Waals surface area (Å²) in [5.74, 6) is -0.279. The van der Waals surface area contributed by atoms with Crippen molar-refractivity contribution in [2.45, 2.75) is 6.92 Å². The van der Waals surface area contributed by atoms with Crippen molar-refractivity contribution in [2.24, 2.45) is 0 Å². The van der Waals surface area contributed by atoms with Crippen LogP contribution < -0.4 is 5.43 Å². The Labute approximate surface area is 130 Å². The predicted molar refractivity (Wildman–Crippen MR) is 84.6 cm³/mol. The number of carbonyl (C=O) groups excluding carboxylic acids is 1. The molecular weight excluding hydrogens is 304 g/mol. The van der Waals surface area contributed by atoms with Crippen molar-refractivity contribution in [2.75, 3.05) is 0 Å². The second kappa shape index (κ2) is 5.31. The molecule has 0 saturated carbocycles. The first-order valence-electron chi connectivity index (χ1n) is 6.54. The zero-order valence-electron chi connectivity index (χ0n) is 11.6. The molecule has 0 amide bonds. The molecule has 0 saturated heterocycles. The number of rotatable bonds is 2. The average molecular weight is 315 g/mol. The molecule has 22 heavy (non-hydrogen) atoms. The minimum absolute atomic E-state index is 0.00501. The summed E-state index contributed by atoms with van der Waals surface area (Å²) in [6.45, 7) is 1.31. The highest BCUT2D eigenvalue weighted by molar-refractivity contribution is 6.30. The SMILES string of the molecule is CC(=O)c1c(O)ccc2c(=O)cc(-c3ccc(Cl)cc3)oc12. The van der Waals surface area contributed by atoms with Crippen molar-refractivity contribution in [3.8, 4) is 17.1 Å². The van der Waals surface area contributed by atoms with E-state index in [1.807, 2.05) is 0 Å². The van der Waals surface area contributed by atoms with Gasteiger partial charge in [-0.05, 0) is 43.3 Å². The molecule has 0 bridgehead atoms. The van der Waals surface area contributed by atoms with E-state index >= 15 is 0 Å². The van der Waals surface area contributed by atoms with E-state index in [2.05, 4.69) is 0 Å². The van der Waals surface area contributed by atoms with Crippen LogP contribution in [0.5, 0.6) is 5.75 Å². The number of fused-ring (bicyclic) bond motifs is 1. The fourth-order valence-corrected chi connectivity index (χ4v) is 2.43. The van der Waals surface area contributed by atoms with E-state index in [1.54, 1.807) is 24.3 Å². The Balaban J connectivity index is 2.35. The van der Waals surface area contributed by atoms with E-state index in [1.165, 1.54) is 25.1 Å². The van der Waals surface area contributed by atoms with Crippen LogP contribution in [0.15, 0.2) is 51.7 Å². The van der Waals surface area contributed by atoms with Crippen molar-refractivity contribution < 1.29 is 14.3 Å². The van der Waals surface area contributed by atoms with E-state index in [0.717, 1.165) is 0 Å². The van der Waals surface area contributed by atoms with Crippen LogP contribution in [0.2, 0.25) is 5.02 Å². The lowest BCUT2D eigenvalue weighted by Crippen LogP contribution is -2.04. The van der Waals surface area contributed by atoms with Gasteiger partial charge in [0.15, 0.2) is 16.8 Å². The Morgan fingerprint density at radius 3 is 2.45 bits per heavy atom. The minimum atomic E-state index is -0.375. The Bertz CT molecular complexity index is 939. The van der Waals surface area contributed by atoms with Crippen LogP contribution in [0, 0.1) is 0 Å². The van der Waals surface area contributed by atoms with E-state index in [-0.39, 0.29) is 33.5 Å². The molecule has 3 aromatic rings. The van der Waals surface area contributed by atoms with Crippen LogP contribution in [-0.4, -0.2) is 10.9 Å². The van der Waals surface area contributed by atoms with Crippen molar-refractivity contribution >= 4 is 28.4 Å².